The summed E-state index contributed by atoms with van der Waals surface area (Å²) < 4.78 is 21.5. The van der Waals surface area contributed by atoms with Crippen LogP contribution in [-0.2, 0) is 11.2 Å². The molecule has 3 heterocycles. The lowest BCUT2D eigenvalue weighted by Gasteiger charge is -2.34. The van der Waals surface area contributed by atoms with Crippen molar-refractivity contribution >= 4 is 34.2 Å². The molecule has 0 aliphatic carbocycles. The number of fused-ring (bicyclic) bond motifs is 1. The Morgan fingerprint density at radius 1 is 1.02 bits per heavy atom. The van der Waals surface area contributed by atoms with Gasteiger partial charge in [0.25, 0.3) is 0 Å². The molecule has 0 unspecified atom stereocenters. The molecule has 0 radical (unpaired) electrons. The summed E-state index contributed by atoms with van der Waals surface area (Å²) in [6.07, 6.45) is 1.35. The molecule has 4 aromatic rings. The highest BCUT2D eigenvalue weighted by atomic mass is 19.1. The molecule has 1 aliphatic heterocycles. The molecule has 1 fully saturated rings. The van der Waals surface area contributed by atoms with Crippen LogP contribution in [0.2, 0.25) is 0 Å². The highest BCUT2D eigenvalue weighted by Crippen LogP contribution is 2.32. The van der Waals surface area contributed by atoms with E-state index in [0.717, 1.165) is 60.8 Å². The number of hydrogen-bond acceptors (Lipinski definition) is 8. The van der Waals surface area contributed by atoms with E-state index in [1.54, 1.807) is 11.8 Å². The summed E-state index contributed by atoms with van der Waals surface area (Å²) in [5.74, 6) is 0.498. The fraction of sp³-hybridized carbons (Fsp3) is 0.433. The van der Waals surface area contributed by atoms with Crippen LogP contribution in [0.15, 0.2) is 36.4 Å². The lowest BCUT2D eigenvalue weighted by atomic mass is 10.00. The number of aromatic nitrogens is 4. The average Bonchev–Trinajstić information content (AvgIpc) is 3.23. The smallest absolute Gasteiger partial charge is 0.229 e. The zero-order chi connectivity index (χ0) is 28.6. The van der Waals surface area contributed by atoms with Crippen molar-refractivity contribution in [2.75, 3.05) is 56.3 Å². The molecule has 5 rings (SSSR count). The number of anilines is 4. The van der Waals surface area contributed by atoms with Crippen molar-refractivity contribution in [2.24, 2.45) is 0 Å². The molecule has 0 amide bonds. The van der Waals surface area contributed by atoms with Gasteiger partial charge in [-0.2, -0.15) is 4.98 Å². The number of piperazine rings is 1. The first-order valence-corrected chi connectivity index (χ1v) is 13.7. The number of likely N-dealkylation sites (N-methyl/N-ethyl adjacent to an activating group) is 1. The molecule has 40 heavy (non-hydrogen) atoms. The van der Waals surface area contributed by atoms with Gasteiger partial charge in [-0.15, -0.1) is 5.10 Å². The van der Waals surface area contributed by atoms with Gasteiger partial charge < -0.3 is 25.6 Å². The molecular weight excluding hydrogens is 507 g/mol. The Morgan fingerprint density at radius 3 is 2.30 bits per heavy atom. The second kappa shape index (κ2) is 11.0. The summed E-state index contributed by atoms with van der Waals surface area (Å²) >= 11 is 0. The highest BCUT2D eigenvalue weighted by Gasteiger charge is 2.23. The summed E-state index contributed by atoms with van der Waals surface area (Å²) in [7, 11) is 3.87. The highest BCUT2D eigenvalue weighted by molar-refractivity contribution is 5.91. The largest absolute Gasteiger partial charge is 0.382 e. The summed E-state index contributed by atoms with van der Waals surface area (Å²) in [4.78, 5) is 14.5. The monoisotopic (exact) mass is 546 g/mol. The Labute approximate surface area is 235 Å². The molecule has 0 atom stereocenters. The third-order valence-electron chi connectivity index (χ3n) is 7.81. The van der Waals surface area contributed by atoms with Crippen LogP contribution < -0.4 is 16.0 Å². The zero-order valence-electron chi connectivity index (χ0n) is 24.3. The predicted octanol–water partition coefficient (Wildman–Crippen LogP) is 5.01. The number of rotatable bonds is 8. The molecule has 3 N–H and O–H groups in total. The number of halogens is 1. The van der Waals surface area contributed by atoms with E-state index in [9.17, 15) is 4.39 Å². The number of ether oxygens (including phenoxy) is 1. The van der Waals surface area contributed by atoms with Crippen LogP contribution in [0.5, 0.6) is 0 Å². The second-order valence-electron chi connectivity index (χ2n) is 11.3. The quantitative estimate of drug-likeness (QED) is 0.319. The van der Waals surface area contributed by atoms with E-state index in [1.807, 2.05) is 27.7 Å². The van der Waals surface area contributed by atoms with E-state index in [2.05, 4.69) is 51.5 Å². The molecule has 1 aliphatic rings. The Bertz CT molecular complexity index is 1480. The third kappa shape index (κ3) is 5.73. The van der Waals surface area contributed by atoms with E-state index < -0.39 is 0 Å². The molecule has 2 aromatic carbocycles. The molecule has 0 saturated carbocycles. The first-order valence-electron chi connectivity index (χ1n) is 13.7. The van der Waals surface area contributed by atoms with Crippen molar-refractivity contribution in [3.63, 3.8) is 0 Å². The maximum atomic E-state index is 14.1. The Morgan fingerprint density at radius 2 is 1.68 bits per heavy atom. The SMILES string of the molecule is COC(C)(C)CCc1nc(Nc2ccc(N3CCN(C)CC3)cc2)nc2c1c(N)nn2-c1c(C)cc(F)cc1C. The van der Waals surface area contributed by atoms with E-state index in [-0.39, 0.29) is 11.4 Å². The van der Waals surface area contributed by atoms with E-state index in [1.165, 1.54) is 17.8 Å². The minimum atomic E-state index is -0.334. The van der Waals surface area contributed by atoms with Gasteiger partial charge in [-0.1, -0.05) is 0 Å². The minimum absolute atomic E-state index is 0.289. The standard InChI is InChI=1S/C30H39FN8O/c1-19-17-21(31)18-20(2)26(19)39-28-25(27(32)36-39)24(11-12-30(3,4)40-6)34-29(35-28)33-22-7-9-23(10-8-22)38-15-13-37(5)14-16-38/h7-10,17-18H,11-16H2,1-6H3,(H2,32,36)(H,33,34,35). The van der Waals surface area contributed by atoms with Crippen molar-refractivity contribution in [3.8, 4) is 5.69 Å². The van der Waals surface area contributed by atoms with Crippen LogP contribution in [0.25, 0.3) is 16.7 Å². The maximum absolute atomic E-state index is 14.1. The maximum Gasteiger partial charge on any atom is 0.229 e. The minimum Gasteiger partial charge on any atom is -0.382 e. The van der Waals surface area contributed by atoms with E-state index in [0.29, 0.717) is 29.2 Å². The van der Waals surface area contributed by atoms with Crippen molar-refractivity contribution in [1.82, 2.24) is 24.6 Å². The fourth-order valence-electron chi connectivity index (χ4n) is 5.22. The number of hydrogen-bond donors (Lipinski definition) is 2. The number of benzene rings is 2. The van der Waals surface area contributed by atoms with Gasteiger partial charge in [-0.25, -0.2) is 14.1 Å². The van der Waals surface area contributed by atoms with Crippen molar-refractivity contribution < 1.29 is 9.13 Å². The third-order valence-corrected chi connectivity index (χ3v) is 7.81. The van der Waals surface area contributed by atoms with Crippen LogP contribution in [0.3, 0.4) is 0 Å². The van der Waals surface area contributed by atoms with Gasteiger partial charge >= 0.3 is 0 Å². The van der Waals surface area contributed by atoms with Gasteiger partial charge in [-0.05, 0) is 95.1 Å². The Hall–Kier alpha value is -3.76. The molecular formula is C30H39FN8O. The first kappa shape index (κ1) is 27.8. The van der Waals surface area contributed by atoms with Crippen LogP contribution in [0, 0.1) is 19.7 Å². The molecule has 0 spiro atoms. The van der Waals surface area contributed by atoms with Gasteiger partial charge in [0.15, 0.2) is 11.5 Å². The summed E-state index contributed by atoms with van der Waals surface area (Å²) in [6.45, 7) is 11.9. The molecule has 212 valence electrons. The first-order chi connectivity index (χ1) is 19.0. The van der Waals surface area contributed by atoms with Crippen LogP contribution in [0.1, 0.15) is 37.1 Å². The summed E-state index contributed by atoms with van der Waals surface area (Å²) in [6, 6.07) is 11.3. The van der Waals surface area contributed by atoms with E-state index >= 15 is 0 Å². The molecule has 2 aromatic heterocycles. The summed E-state index contributed by atoms with van der Waals surface area (Å²) in [5, 5.41) is 8.74. The average molecular weight is 547 g/mol. The van der Waals surface area contributed by atoms with Gasteiger partial charge in [0.2, 0.25) is 5.95 Å². The van der Waals surface area contributed by atoms with Crippen molar-refractivity contribution in [3.05, 3.63) is 59.0 Å². The van der Waals surface area contributed by atoms with Gasteiger partial charge in [0.1, 0.15) is 5.82 Å². The fourth-order valence-corrected chi connectivity index (χ4v) is 5.22. The zero-order valence-corrected chi connectivity index (χ0v) is 24.3. The number of aryl methyl sites for hydroxylation is 3. The Kier molecular flexibility index (Phi) is 7.65. The molecule has 0 bridgehead atoms. The summed E-state index contributed by atoms with van der Waals surface area (Å²) in [5.41, 5.74) is 11.8. The normalized spacial score (nSPS) is 14.7. The molecule has 1 saturated heterocycles. The van der Waals surface area contributed by atoms with Crippen molar-refractivity contribution in [2.45, 2.75) is 46.1 Å². The lowest BCUT2D eigenvalue weighted by Crippen LogP contribution is -2.44. The number of nitrogens with one attached hydrogen (secondary N) is 1. The van der Waals surface area contributed by atoms with Gasteiger partial charge in [-0.3, -0.25) is 0 Å². The number of nitrogens with zero attached hydrogens (tertiary/aromatic N) is 6. The van der Waals surface area contributed by atoms with Crippen LogP contribution in [-0.4, -0.2) is 70.6 Å². The van der Waals surface area contributed by atoms with Crippen LogP contribution in [0.4, 0.5) is 27.5 Å². The van der Waals surface area contributed by atoms with Gasteiger partial charge in [0.05, 0.1) is 22.4 Å². The number of nitrogens with two attached hydrogens (primary N) is 1. The molecule has 9 nitrogen and oxygen atoms in total. The van der Waals surface area contributed by atoms with E-state index in [4.69, 9.17) is 20.4 Å². The van der Waals surface area contributed by atoms with Crippen LogP contribution >= 0.6 is 0 Å². The number of nitrogen functional groups attached to an aromatic ring is 1. The lowest BCUT2D eigenvalue weighted by molar-refractivity contribution is 0.0156. The predicted molar refractivity (Wildman–Crippen MR) is 159 cm³/mol. The molecule has 10 heteroatoms. The van der Waals surface area contributed by atoms with Gasteiger partial charge in [0, 0.05) is 44.7 Å². The topological polar surface area (TPSA) is 97.4 Å². The Balaban J connectivity index is 1.54. The number of methoxy groups -OCH3 is 1. The van der Waals surface area contributed by atoms with Crippen molar-refractivity contribution in [1.29, 1.82) is 0 Å². The second-order valence-corrected chi connectivity index (χ2v) is 11.3.